The summed E-state index contributed by atoms with van der Waals surface area (Å²) in [6.07, 6.45) is 1.92. The molecular formula is C36H32N4O4S. The van der Waals surface area contributed by atoms with Gasteiger partial charge >= 0.3 is 5.97 Å². The Morgan fingerprint density at radius 2 is 1.76 bits per heavy atom. The van der Waals surface area contributed by atoms with Crippen molar-refractivity contribution >= 4 is 34.3 Å². The van der Waals surface area contributed by atoms with Crippen molar-refractivity contribution in [3.63, 3.8) is 0 Å². The summed E-state index contributed by atoms with van der Waals surface area (Å²) < 4.78 is 15.4. The van der Waals surface area contributed by atoms with Gasteiger partial charge < -0.3 is 14.0 Å². The number of fused-ring (bicyclic) bond motifs is 2. The second kappa shape index (κ2) is 12.4. The summed E-state index contributed by atoms with van der Waals surface area (Å²) in [5.41, 5.74) is 5.83. The fraction of sp³-hybridized carbons (Fsp3) is 0.222. The topological polar surface area (TPSA) is 98.6 Å². The monoisotopic (exact) mass is 616 g/mol. The fourth-order valence-corrected chi connectivity index (χ4v) is 6.96. The third-order valence-corrected chi connectivity index (χ3v) is 9.03. The van der Waals surface area contributed by atoms with Crippen LogP contribution in [0.2, 0.25) is 0 Å². The highest BCUT2D eigenvalue weighted by molar-refractivity contribution is 7.07. The van der Waals surface area contributed by atoms with Crippen molar-refractivity contribution in [1.29, 1.82) is 5.26 Å². The molecule has 1 atom stereocenters. The molecule has 6 rings (SSSR count). The summed E-state index contributed by atoms with van der Waals surface area (Å²) in [5.74, 6) is 0.208. The molecule has 0 saturated heterocycles. The minimum absolute atomic E-state index is 0.207. The maximum atomic E-state index is 14.3. The van der Waals surface area contributed by atoms with E-state index in [1.807, 2.05) is 86.7 Å². The molecular weight excluding hydrogens is 584 g/mol. The number of benzene rings is 3. The molecule has 0 fully saturated rings. The Labute approximate surface area is 264 Å². The van der Waals surface area contributed by atoms with Crippen LogP contribution in [0.15, 0.2) is 93.9 Å². The van der Waals surface area contributed by atoms with Crippen molar-refractivity contribution in [2.24, 2.45) is 4.99 Å². The molecule has 1 aliphatic rings. The number of aromatic nitrogens is 2. The van der Waals surface area contributed by atoms with Crippen LogP contribution in [0, 0.1) is 18.3 Å². The number of nitriles is 1. The molecule has 9 heteroatoms. The van der Waals surface area contributed by atoms with Gasteiger partial charge in [0, 0.05) is 28.7 Å². The van der Waals surface area contributed by atoms with Gasteiger partial charge in [-0.1, -0.05) is 59.9 Å². The Morgan fingerprint density at radius 1 is 1.02 bits per heavy atom. The minimum atomic E-state index is -0.706. The summed E-state index contributed by atoms with van der Waals surface area (Å²) in [4.78, 5) is 32.8. The third-order valence-electron chi connectivity index (χ3n) is 8.05. The molecule has 0 unspecified atom stereocenters. The average Bonchev–Trinajstić information content (AvgIpc) is 3.49. The van der Waals surface area contributed by atoms with Crippen molar-refractivity contribution in [2.75, 3.05) is 13.2 Å². The van der Waals surface area contributed by atoms with E-state index in [0.717, 1.165) is 33.3 Å². The molecule has 226 valence electrons. The van der Waals surface area contributed by atoms with Crippen LogP contribution in [-0.2, 0) is 16.1 Å². The van der Waals surface area contributed by atoms with Gasteiger partial charge in [0.25, 0.3) is 5.56 Å². The molecule has 3 heterocycles. The highest BCUT2D eigenvalue weighted by Crippen LogP contribution is 2.32. The predicted molar refractivity (Wildman–Crippen MR) is 175 cm³/mol. The van der Waals surface area contributed by atoms with E-state index < -0.39 is 12.0 Å². The number of esters is 1. The number of hydrogen-bond donors (Lipinski definition) is 0. The highest BCUT2D eigenvalue weighted by atomic mass is 32.1. The third kappa shape index (κ3) is 5.38. The molecule has 0 N–H and O–H groups in total. The van der Waals surface area contributed by atoms with Gasteiger partial charge in [-0.25, -0.2) is 9.79 Å². The number of allylic oxidation sites excluding steroid dienone is 1. The van der Waals surface area contributed by atoms with Gasteiger partial charge in [0.05, 0.1) is 46.7 Å². The molecule has 5 aromatic rings. The number of carbonyl (C=O) groups excluding carboxylic acids is 1. The number of rotatable bonds is 8. The predicted octanol–water partition coefficient (Wildman–Crippen LogP) is 5.38. The summed E-state index contributed by atoms with van der Waals surface area (Å²) in [7, 11) is 0. The van der Waals surface area contributed by atoms with Gasteiger partial charge in [-0.2, -0.15) is 5.26 Å². The smallest absolute Gasteiger partial charge is 0.338 e. The van der Waals surface area contributed by atoms with Crippen LogP contribution in [0.1, 0.15) is 54.8 Å². The Kier molecular flexibility index (Phi) is 8.24. The summed E-state index contributed by atoms with van der Waals surface area (Å²) in [6.45, 7) is 8.74. The molecule has 0 radical (unpaired) electrons. The van der Waals surface area contributed by atoms with Crippen LogP contribution in [0.5, 0.6) is 5.75 Å². The first-order valence-electron chi connectivity index (χ1n) is 14.8. The van der Waals surface area contributed by atoms with Crippen LogP contribution < -0.4 is 19.6 Å². The number of hydrogen-bond acceptors (Lipinski definition) is 7. The zero-order chi connectivity index (χ0) is 31.7. The van der Waals surface area contributed by atoms with Crippen molar-refractivity contribution in [2.45, 2.75) is 40.3 Å². The minimum Gasteiger partial charge on any atom is -0.494 e. The van der Waals surface area contributed by atoms with E-state index >= 15 is 0 Å². The zero-order valence-corrected chi connectivity index (χ0v) is 26.4. The first kappa shape index (κ1) is 29.9. The number of nitrogens with zero attached hydrogens (tertiary/aromatic N) is 4. The Hall–Kier alpha value is -5.20. The van der Waals surface area contributed by atoms with E-state index in [9.17, 15) is 14.9 Å². The Morgan fingerprint density at radius 3 is 2.49 bits per heavy atom. The summed E-state index contributed by atoms with van der Waals surface area (Å²) >= 11 is 1.30. The SMILES string of the molecule is CCOC(=O)C1=C(C)N=c2s/c(=C\c3c(C)n(Cc4ccccc4C#N)c4ccccc34)c(=O)n2[C@H]1c1ccc(OCC)cc1. The number of thiazole rings is 1. The molecule has 2 aromatic heterocycles. The van der Waals surface area contributed by atoms with Crippen LogP contribution in [0.25, 0.3) is 17.0 Å². The van der Waals surface area contributed by atoms with Gasteiger partial charge in [0.2, 0.25) is 0 Å². The lowest BCUT2D eigenvalue weighted by Crippen LogP contribution is -2.39. The second-order valence-corrected chi connectivity index (χ2v) is 11.7. The molecule has 0 amide bonds. The standard InChI is InChI=1S/C36H32N4O4S/c1-5-43-27-17-15-24(16-18-27)33-32(35(42)44-6-2)22(3)38-36-40(33)34(41)31(45-36)19-29-23(4)39(30-14-10-9-13-28(29)30)21-26-12-8-7-11-25(26)20-37/h7-19,33H,5-6,21H2,1-4H3/b31-19-/t33-/m0/s1. The number of para-hydroxylation sites is 1. The Bertz CT molecular complexity index is 2200. The lowest BCUT2D eigenvalue weighted by Gasteiger charge is -2.24. The Balaban J connectivity index is 1.53. The average molecular weight is 617 g/mol. The first-order chi connectivity index (χ1) is 21.9. The molecule has 0 bridgehead atoms. The van der Waals surface area contributed by atoms with E-state index in [-0.39, 0.29) is 12.2 Å². The van der Waals surface area contributed by atoms with E-state index in [4.69, 9.17) is 14.5 Å². The van der Waals surface area contributed by atoms with Gasteiger partial charge in [-0.3, -0.25) is 9.36 Å². The van der Waals surface area contributed by atoms with E-state index in [2.05, 4.69) is 16.7 Å². The van der Waals surface area contributed by atoms with E-state index in [0.29, 0.717) is 45.1 Å². The molecule has 45 heavy (non-hydrogen) atoms. The van der Waals surface area contributed by atoms with Crippen molar-refractivity contribution in [3.8, 4) is 11.8 Å². The first-order valence-corrected chi connectivity index (χ1v) is 15.7. The molecule has 8 nitrogen and oxygen atoms in total. The van der Waals surface area contributed by atoms with Gasteiger partial charge in [0.1, 0.15) is 5.75 Å². The van der Waals surface area contributed by atoms with E-state index in [1.165, 1.54) is 11.3 Å². The van der Waals surface area contributed by atoms with Gasteiger partial charge in [-0.15, -0.1) is 0 Å². The van der Waals surface area contributed by atoms with Crippen molar-refractivity contribution < 1.29 is 14.3 Å². The quantitative estimate of drug-likeness (QED) is 0.218. The lowest BCUT2D eigenvalue weighted by atomic mass is 9.96. The lowest BCUT2D eigenvalue weighted by molar-refractivity contribution is -0.139. The van der Waals surface area contributed by atoms with Crippen molar-refractivity contribution in [1.82, 2.24) is 9.13 Å². The zero-order valence-electron chi connectivity index (χ0n) is 25.5. The summed E-state index contributed by atoms with van der Waals surface area (Å²) in [6, 6.07) is 24.7. The van der Waals surface area contributed by atoms with Crippen LogP contribution in [0.4, 0.5) is 0 Å². The molecule has 0 saturated carbocycles. The number of ether oxygens (including phenoxy) is 2. The van der Waals surface area contributed by atoms with Crippen molar-refractivity contribution in [3.05, 3.63) is 132 Å². The molecule has 1 aliphatic heterocycles. The van der Waals surface area contributed by atoms with Crippen LogP contribution in [0.3, 0.4) is 0 Å². The van der Waals surface area contributed by atoms with Gasteiger partial charge in [-0.05, 0) is 69.2 Å². The van der Waals surface area contributed by atoms with Crippen LogP contribution >= 0.6 is 11.3 Å². The second-order valence-electron chi connectivity index (χ2n) is 10.7. The highest BCUT2D eigenvalue weighted by Gasteiger charge is 2.33. The number of carbonyl (C=O) groups is 1. The van der Waals surface area contributed by atoms with Gasteiger partial charge in [0.15, 0.2) is 4.80 Å². The van der Waals surface area contributed by atoms with E-state index in [1.54, 1.807) is 18.4 Å². The fourth-order valence-electron chi connectivity index (χ4n) is 5.93. The molecule has 0 aliphatic carbocycles. The normalized spacial score (nSPS) is 14.6. The maximum Gasteiger partial charge on any atom is 0.338 e. The molecule has 0 spiro atoms. The van der Waals surface area contributed by atoms with Crippen LogP contribution in [-0.4, -0.2) is 28.3 Å². The maximum absolute atomic E-state index is 14.3. The summed E-state index contributed by atoms with van der Waals surface area (Å²) in [5, 5.41) is 10.7. The molecule has 3 aromatic carbocycles. The largest absolute Gasteiger partial charge is 0.494 e.